The molecule has 4 nitrogen and oxygen atoms in total. The quantitative estimate of drug-likeness (QED) is 0.655. The van der Waals surface area contributed by atoms with Gasteiger partial charge >= 0.3 is 0 Å². The summed E-state index contributed by atoms with van der Waals surface area (Å²) < 4.78 is 0. The summed E-state index contributed by atoms with van der Waals surface area (Å²) in [4.78, 5) is 11.0. The van der Waals surface area contributed by atoms with Gasteiger partial charge in [0.1, 0.15) is 17.2 Å². The first kappa shape index (κ1) is 13.6. The van der Waals surface area contributed by atoms with E-state index in [1.165, 1.54) is 32.4 Å². The number of nitrogens with zero attached hydrogens (tertiary/aromatic N) is 3. The van der Waals surface area contributed by atoms with Gasteiger partial charge in [0.2, 0.25) is 0 Å². The summed E-state index contributed by atoms with van der Waals surface area (Å²) in [5.74, 6) is 0.929. The molecule has 0 aliphatic carbocycles. The molecule has 100 valence electrons. The molecule has 2 rings (SSSR count). The molecule has 0 spiro atoms. The lowest BCUT2D eigenvalue weighted by Gasteiger charge is -2.32. The summed E-state index contributed by atoms with van der Waals surface area (Å²) in [5, 5.41) is 4.42. The van der Waals surface area contributed by atoms with Crippen LogP contribution in [0.1, 0.15) is 26.2 Å². The number of thioether (sulfide) groups is 1. The van der Waals surface area contributed by atoms with Gasteiger partial charge in [-0.1, -0.05) is 6.42 Å². The molecule has 5 heteroatoms. The summed E-state index contributed by atoms with van der Waals surface area (Å²) >= 11 is 1.64. The molecule has 1 atom stereocenters. The minimum atomic E-state index is 0.568. The van der Waals surface area contributed by atoms with Gasteiger partial charge < -0.3 is 5.32 Å². The molecule has 1 N–H and O–H groups in total. The lowest BCUT2D eigenvalue weighted by Crippen LogP contribution is -2.41. The van der Waals surface area contributed by atoms with Gasteiger partial charge in [-0.3, -0.25) is 4.90 Å². The molecule has 1 saturated heterocycles. The van der Waals surface area contributed by atoms with Crippen molar-refractivity contribution in [2.45, 2.75) is 37.3 Å². The van der Waals surface area contributed by atoms with Crippen molar-refractivity contribution in [3.63, 3.8) is 0 Å². The van der Waals surface area contributed by atoms with Crippen molar-refractivity contribution in [1.29, 1.82) is 0 Å². The summed E-state index contributed by atoms with van der Waals surface area (Å²) in [6.45, 7) is 5.71. The first-order valence-electron chi connectivity index (χ1n) is 6.63. The molecule has 1 aromatic rings. The first-order chi connectivity index (χ1) is 8.79. The zero-order valence-corrected chi connectivity index (χ0v) is 12.0. The van der Waals surface area contributed by atoms with Crippen LogP contribution in [0.4, 0.5) is 5.82 Å². The van der Waals surface area contributed by atoms with Gasteiger partial charge in [-0.25, -0.2) is 9.97 Å². The normalized spacial score (nSPS) is 18.6. The molecule has 0 aromatic carbocycles. The molecule has 1 fully saturated rings. The fraction of sp³-hybridized carbons (Fsp3) is 0.692. The van der Waals surface area contributed by atoms with Crippen molar-refractivity contribution < 1.29 is 0 Å². The molecule has 0 bridgehead atoms. The lowest BCUT2D eigenvalue weighted by atomic mass is 10.1. The van der Waals surface area contributed by atoms with Gasteiger partial charge in [0.15, 0.2) is 0 Å². The average molecular weight is 266 g/mol. The van der Waals surface area contributed by atoms with Crippen LogP contribution in [0.5, 0.6) is 0 Å². The Morgan fingerprint density at radius 2 is 2.11 bits per heavy atom. The lowest BCUT2D eigenvalue weighted by molar-refractivity contribution is 0.180. The second-order valence-electron chi connectivity index (χ2n) is 4.77. The van der Waals surface area contributed by atoms with E-state index in [4.69, 9.17) is 0 Å². The van der Waals surface area contributed by atoms with Crippen molar-refractivity contribution in [2.24, 2.45) is 0 Å². The van der Waals surface area contributed by atoms with E-state index in [-0.39, 0.29) is 0 Å². The smallest absolute Gasteiger partial charge is 0.130 e. The SMILES string of the molecule is CSc1cc(NCC(C)N2CCCCC2)ncn1. The molecule has 1 aliphatic rings. The van der Waals surface area contributed by atoms with Gasteiger partial charge in [0.05, 0.1) is 0 Å². The second kappa shape index (κ2) is 6.95. The van der Waals surface area contributed by atoms with Crippen molar-refractivity contribution in [1.82, 2.24) is 14.9 Å². The highest BCUT2D eigenvalue weighted by molar-refractivity contribution is 7.98. The largest absolute Gasteiger partial charge is 0.368 e. The molecular formula is C13H22N4S. The Balaban J connectivity index is 1.82. The van der Waals surface area contributed by atoms with Crippen LogP contribution in [0.3, 0.4) is 0 Å². The number of piperidine rings is 1. The Morgan fingerprint density at radius 3 is 2.83 bits per heavy atom. The van der Waals surface area contributed by atoms with Crippen LogP contribution < -0.4 is 5.32 Å². The minimum Gasteiger partial charge on any atom is -0.368 e. The maximum atomic E-state index is 4.25. The van der Waals surface area contributed by atoms with E-state index >= 15 is 0 Å². The van der Waals surface area contributed by atoms with Crippen LogP contribution in [-0.2, 0) is 0 Å². The van der Waals surface area contributed by atoms with Crippen LogP contribution in [0.25, 0.3) is 0 Å². The summed E-state index contributed by atoms with van der Waals surface area (Å²) in [7, 11) is 0. The van der Waals surface area contributed by atoms with Crippen molar-refractivity contribution in [3.8, 4) is 0 Å². The molecule has 18 heavy (non-hydrogen) atoms. The van der Waals surface area contributed by atoms with Crippen molar-refractivity contribution >= 4 is 17.6 Å². The van der Waals surface area contributed by atoms with Crippen LogP contribution in [0.15, 0.2) is 17.4 Å². The Hall–Kier alpha value is -0.810. The predicted octanol–water partition coefficient (Wildman–Crippen LogP) is 2.48. The number of rotatable bonds is 5. The summed E-state index contributed by atoms with van der Waals surface area (Å²) in [5.41, 5.74) is 0. The second-order valence-corrected chi connectivity index (χ2v) is 5.60. The number of aromatic nitrogens is 2. The van der Waals surface area contributed by atoms with Gasteiger partial charge in [0, 0.05) is 18.7 Å². The molecule has 2 heterocycles. The third kappa shape index (κ3) is 3.85. The van der Waals surface area contributed by atoms with E-state index in [9.17, 15) is 0 Å². The maximum absolute atomic E-state index is 4.25. The zero-order chi connectivity index (χ0) is 12.8. The molecular weight excluding hydrogens is 244 g/mol. The predicted molar refractivity (Wildman–Crippen MR) is 77.2 cm³/mol. The molecule has 0 amide bonds. The minimum absolute atomic E-state index is 0.568. The molecule has 1 unspecified atom stereocenters. The Morgan fingerprint density at radius 1 is 1.33 bits per heavy atom. The average Bonchev–Trinajstić information content (AvgIpc) is 2.46. The Kier molecular flexibility index (Phi) is 5.26. The number of nitrogens with one attached hydrogen (secondary N) is 1. The van der Waals surface area contributed by atoms with E-state index in [0.717, 1.165) is 17.4 Å². The number of likely N-dealkylation sites (tertiary alicyclic amines) is 1. The molecule has 1 aromatic heterocycles. The summed E-state index contributed by atoms with van der Waals surface area (Å²) in [6, 6.07) is 2.58. The van der Waals surface area contributed by atoms with Gasteiger partial charge in [0.25, 0.3) is 0 Å². The third-order valence-corrected chi connectivity index (χ3v) is 4.09. The Labute approximate surface area is 114 Å². The monoisotopic (exact) mass is 266 g/mol. The highest BCUT2D eigenvalue weighted by Gasteiger charge is 2.16. The van der Waals surface area contributed by atoms with E-state index in [1.807, 2.05) is 12.3 Å². The zero-order valence-electron chi connectivity index (χ0n) is 11.2. The van der Waals surface area contributed by atoms with E-state index in [0.29, 0.717) is 6.04 Å². The number of hydrogen-bond acceptors (Lipinski definition) is 5. The topological polar surface area (TPSA) is 41.0 Å². The number of anilines is 1. The standard InChI is InChI=1S/C13H22N4S/c1-11(17-6-4-3-5-7-17)9-14-12-8-13(18-2)16-10-15-12/h8,10-11H,3-7,9H2,1-2H3,(H,14,15,16). The van der Waals surface area contributed by atoms with Gasteiger partial charge in [-0.15, -0.1) is 11.8 Å². The highest BCUT2D eigenvalue weighted by atomic mass is 32.2. The fourth-order valence-electron chi connectivity index (χ4n) is 2.29. The van der Waals surface area contributed by atoms with E-state index < -0.39 is 0 Å². The molecule has 0 radical (unpaired) electrons. The molecule has 0 saturated carbocycles. The first-order valence-corrected chi connectivity index (χ1v) is 7.86. The van der Waals surface area contributed by atoms with Crippen LogP contribution in [0.2, 0.25) is 0 Å². The van der Waals surface area contributed by atoms with E-state index in [1.54, 1.807) is 18.1 Å². The highest BCUT2D eigenvalue weighted by Crippen LogP contribution is 2.15. The van der Waals surface area contributed by atoms with Gasteiger partial charge in [-0.2, -0.15) is 0 Å². The number of hydrogen-bond donors (Lipinski definition) is 1. The fourth-order valence-corrected chi connectivity index (χ4v) is 2.67. The van der Waals surface area contributed by atoms with E-state index in [2.05, 4.69) is 27.1 Å². The maximum Gasteiger partial charge on any atom is 0.130 e. The Bertz CT molecular complexity index is 366. The van der Waals surface area contributed by atoms with Gasteiger partial charge in [-0.05, 0) is 39.1 Å². The van der Waals surface area contributed by atoms with Crippen molar-refractivity contribution in [3.05, 3.63) is 12.4 Å². The summed E-state index contributed by atoms with van der Waals surface area (Å²) in [6.07, 6.45) is 7.73. The van der Waals surface area contributed by atoms with Crippen LogP contribution in [0, 0.1) is 0 Å². The third-order valence-electron chi connectivity index (χ3n) is 3.44. The van der Waals surface area contributed by atoms with Crippen molar-refractivity contribution in [2.75, 3.05) is 31.2 Å². The molecule has 1 aliphatic heterocycles. The van der Waals surface area contributed by atoms with Crippen LogP contribution in [-0.4, -0.2) is 46.8 Å². The van der Waals surface area contributed by atoms with Crippen LogP contribution >= 0.6 is 11.8 Å².